The number of ether oxygens (including phenoxy) is 2. The highest BCUT2D eigenvalue weighted by Gasteiger charge is 2.22. The third kappa shape index (κ3) is 8.57. The highest BCUT2D eigenvalue weighted by Crippen LogP contribution is 2.21. The van der Waals surface area contributed by atoms with Gasteiger partial charge in [-0.15, -0.1) is 0 Å². The Morgan fingerprint density at radius 2 is 1.78 bits per heavy atom. The molecule has 7 heteroatoms. The fourth-order valence-electron chi connectivity index (χ4n) is 2.82. The van der Waals surface area contributed by atoms with E-state index in [-0.39, 0.29) is 12.0 Å². The number of pyridine rings is 1. The predicted molar refractivity (Wildman–Crippen MR) is 125 cm³/mol. The highest BCUT2D eigenvalue weighted by molar-refractivity contribution is 5.93. The second-order valence-electron chi connectivity index (χ2n) is 9.07. The van der Waals surface area contributed by atoms with Gasteiger partial charge in [0.05, 0.1) is 5.56 Å². The summed E-state index contributed by atoms with van der Waals surface area (Å²) in [6, 6.07) is 10.9. The van der Waals surface area contributed by atoms with Crippen LogP contribution in [0.25, 0.3) is 0 Å². The Kier molecular flexibility index (Phi) is 9.05. The molecule has 7 nitrogen and oxygen atoms in total. The zero-order chi connectivity index (χ0) is 23.7. The van der Waals surface area contributed by atoms with Crippen LogP contribution in [0.5, 0.6) is 11.6 Å². The molecule has 2 amide bonds. The summed E-state index contributed by atoms with van der Waals surface area (Å²) in [6.07, 6.45) is 2.08. The van der Waals surface area contributed by atoms with E-state index in [0.29, 0.717) is 42.7 Å². The lowest BCUT2D eigenvalue weighted by Gasteiger charge is -2.28. The molecule has 32 heavy (non-hydrogen) atoms. The molecule has 0 atom stereocenters. The summed E-state index contributed by atoms with van der Waals surface area (Å²) in [5.41, 5.74) is 0.926. The number of rotatable bonds is 9. The van der Waals surface area contributed by atoms with Crippen LogP contribution in [0, 0.1) is 5.92 Å². The second-order valence-corrected chi connectivity index (χ2v) is 9.07. The van der Waals surface area contributed by atoms with Gasteiger partial charge in [-0.2, -0.15) is 0 Å². The molecule has 0 saturated heterocycles. The average Bonchev–Trinajstić information content (AvgIpc) is 2.71. The van der Waals surface area contributed by atoms with Crippen molar-refractivity contribution in [3.05, 3.63) is 53.7 Å². The van der Waals surface area contributed by atoms with Gasteiger partial charge in [-0.3, -0.25) is 4.79 Å². The Morgan fingerprint density at radius 3 is 2.31 bits per heavy atom. The number of amides is 2. The van der Waals surface area contributed by atoms with Gasteiger partial charge in [0.15, 0.2) is 0 Å². The van der Waals surface area contributed by atoms with E-state index in [2.05, 4.69) is 24.1 Å². The Morgan fingerprint density at radius 1 is 1.09 bits per heavy atom. The molecule has 0 aliphatic carbocycles. The summed E-state index contributed by atoms with van der Waals surface area (Å²) in [5.74, 6) is 1.35. The van der Waals surface area contributed by atoms with Gasteiger partial charge in [0, 0.05) is 31.9 Å². The summed E-state index contributed by atoms with van der Waals surface area (Å²) in [7, 11) is 0. The molecule has 1 heterocycles. The average molecular weight is 442 g/mol. The molecule has 1 aromatic carbocycles. The molecular formula is C25H35N3O4. The van der Waals surface area contributed by atoms with E-state index in [4.69, 9.17) is 9.47 Å². The summed E-state index contributed by atoms with van der Waals surface area (Å²) < 4.78 is 11.4. The van der Waals surface area contributed by atoms with Crippen molar-refractivity contribution in [2.75, 3.05) is 13.1 Å². The first-order chi connectivity index (χ1) is 15.1. The number of hydrogen-bond acceptors (Lipinski definition) is 5. The van der Waals surface area contributed by atoms with E-state index in [1.807, 2.05) is 52.0 Å². The van der Waals surface area contributed by atoms with Crippen molar-refractivity contribution in [1.82, 2.24) is 15.2 Å². The van der Waals surface area contributed by atoms with Gasteiger partial charge in [0.1, 0.15) is 11.4 Å². The third-order valence-corrected chi connectivity index (χ3v) is 4.48. The number of nitrogens with zero attached hydrogens (tertiary/aromatic N) is 2. The van der Waals surface area contributed by atoms with E-state index in [9.17, 15) is 9.59 Å². The minimum Gasteiger partial charge on any atom is -0.444 e. The molecule has 174 valence electrons. The summed E-state index contributed by atoms with van der Waals surface area (Å²) in [5, 5.41) is 2.73. The molecule has 0 aliphatic rings. The monoisotopic (exact) mass is 441 g/mol. The second kappa shape index (κ2) is 11.5. The molecule has 2 rings (SSSR count). The highest BCUT2D eigenvalue weighted by atomic mass is 16.6. The Bertz CT molecular complexity index is 872. The standard InChI is InChI=1S/C25H35N3O4/c1-7-26-23(29)20-10-13-22(27-16-20)31-21-11-8-19(9-12-21)17-28(15-14-18(2)3)24(30)32-25(4,5)6/h8-13,16,18H,7,14-15,17H2,1-6H3,(H,26,29). The third-order valence-electron chi connectivity index (χ3n) is 4.48. The Balaban J connectivity index is 2.02. The van der Waals surface area contributed by atoms with E-state index in [1.165, 1.54) is 6.20 Å². The van der Waals surface area contributed by atoms with Crippen molar-refractivity contribution in [2.24, 2.45) is 5.92 Å². The lowest BCUT2D eigenvalue weighted by atomic mass is 10.1. The van der Waals surface area contributed by atoms with Crippen LogP contribution in [-0.2, 0) is 11.3 Å². The minimum absolute atomic E-state index is 0.164. The first kappa shape index (κ1) is 25.2. The molecule has 0 aliphatic heterocycles. The molecule has 1 aromatic heterocycles. The summed E-state index contributed by atoms with van der Waals surface area (Å²) in [4.78, 5) is 30.4. The van der Waals surface area contributed by atoms with Gasteiger partial charge in [0.2, 0.25) is 5.88 Å². The van der Waals surface area contributed by atoms with E-state index >= 15 is 0 Å². The van der Waals surface area contributed by atoms with Gasteiger partial charge >= 0.3 is 6.09 Å². The topological polar surface area (TPSA) is 80.8 Å². The maximum absolute atomic E-state index is 12.6. The SMILES string of the molecule is CCNC(=O)c1ccc(Oc2ccc(CN(CCC(C)C)C(=O)OC(C)(C)C)cc2)nc1. The van der Waals surface area contributed by atoms with E-state index < -0.39 is 5.60 Å². The molecular weight excluding hydrogens is 406 g/mol. The van der Waals surface area contributed by atoms with Crippen LogP contribution in [0.15, 0.2) is 42.6 Å². The van der Waals surface area contributed by atoms with Crippen LogP contribution in [0.2, 0.25) is 0 Å². The van der Waals surface area contributed by atoms with Gasteiger partial charge in [0.25, 0.3) is 5.91 Å². The number of benzene rings is 1. The Hall–Kier alpha value is -3.09. The van der Waals surface area contributed by atoms with Crippen molar-refractivity contribution in [3.8, 4) is 11.6 Å². The number of aromatic nitrogens is 1. The first-order valence-corrected chi connectivity index (χ1v) is 11.1. The molecule has 0 fully saturated rings. The number of carbonyl (C=O) groups is 2. The number of carbonyl (C=O) groups excluding carboxylic acids is 2. The fraction of sp³-hybridized carbons (Fsp3) is 0.480. The van der Waals surface area contributed by atoms with E-state index in [1.54, 1.807) is 17.0 Å². The van der Waals surface area contributed by atoms with Crippen LogP contribution in [0.1, 0.15) is 63.9 Å². The first-order valence-electron chi connectivity index (χ1n) is 11.1. The van der Waals surface area contributed by atoms with Crippen molar-refractivity contribution in [2.45, 2.75) is 60.1 Å². The molecule has 0 bridgehead atoms. The maximum Gasteiger partial charge on any atom is 0.410 e. The Labute approximate surface area is 191 Å². The summed E-state index contributed by atoms with van der Waals surface area (Å²) >= 11 is 0. The van der Waals surface area contributed by atoms with Crippen LogP contribution in [0.3, 0.4) is 0 Å². The number of nitrogens with one attached hydrogen (secondary N) is 1. The normalized spacial score (nSPS) is 11.2. The van der Waals surface area contributed by atoms with Gasteiger partial charge < -0.3 is 19.7 Å². The molecule has 0 radical (unpaired) electrons. The van der Waals surface area contributed by atoms with Crippen LogP contribution < -0.4 is 10.1 Å². The van der Waals surface area contributed by atoms with Crippen LogP contribution in [0.4, 0.5) is 4.79 Å². The van der Waals surface area contributed by atoms with Crippen molar-refractivity contribution >= 4 is 12.0 Å². The fourth-order valence-corrected chi connectivity index (χ4v) is 2.82. The predicted octanol–water partition coefficient (Wildman–Crippen LogP) is 5.41. The van der Waals surface area contributed by atoms with E-state index in [0.717, 1.165) is 12.0 Å². The zero-order valence-electron chi connectivity index (χ0n) is 20.0. The van der Waals surface area contributed by atoms with Crippen LogP contribution >= 0.6 is 0 Å². The van der Waals surface area contributed by atoms with Crippen molar-refractivity contribution in [3.63, 3.8) is 0 Å². The lowest BCUT2D eigenvalue weighted by molar-refractivity contribution is 0.0225. The maximum atomic E-state index is 12.6. The minimum atomic E-state index is -0.537. The molecule has 0 saturated carbocycles. The molecule has 1 N–H and O–H groups in total. The zero-order valence-corrected chi connectivity index (χ0v) is 20.0. The molecule has 0 spiro atoms. The molecule has 2 aromatic rings. The van der Waals surface area contributed by atoms with Gasteiger partial charge in [-0.25, -0.2) is 9.78 Å². The van der Waals surface area contributed by atoms with Gasteiger partial charge in [-0.1, -0.05) is 26.0 Å². The van der Waals surface area contributed by atoms with Crippen molar-refractivity contribution in [1.29, 1.82) is 0 Å². The summed E-state index contributed by atoms with van der Waals surface area (Å²) in [6.45, 7) is 13.4. The van der Waals surface area contributed by atoms with Gasteiger partial charge in [-0.05, 0) is 63.8 Å². The van der Waals surface area contributed by atoms with Crippen molar-refractivity contribution < 1.29 is 19.1 Å². The largest absolute Gasteiger partial charge is 0.444 e. The lowest BCUT2D eigenvalue weighted by Crippen LogP contribution is -2.37. The smallest absolute Gasteiger partial charge is 0.410 e. The van der Waals surface area contributed by atoms with Crippen LogP contribution in [-0.4, -0.2) is 40.6 Å². The molecule has 0 unspecified atom stereocenters. The quantitative estimate of drug-likeness (QED) is 0.563. The number of hydrogen-bond donors (Lipinski definition) is 1.